The van der Waals surface area contributed by atoms with Gasteiger partial charge in [-0.2, -0.15) is 0 Å². The molecule has 2 aromatic rings. The van der Waals surface area contributed by atoms with Gasteiger partial charge in [-0.1, -0.05) is 42.3 Å². The van der Waals surface area contributed by atoms with Crippen molar-refractivity contribution in [1.29, 1.82) is 0 Å². The van der Waals surface area contributed by atoms with Gasteiger partial charge >= 0.3 is 5.97 Å². The number of aryl methyl sites for hydroxylation is 1. The number of carboxylic acids is 1. The minimum absolute atomic E-state index is 0.751. The number of rotatable bonds is 5. The summed E-state index contributed by atoms with van der Waals surface area (Å²) in [5.74, 6) is -0.967. The highest BCUT2D eigenvalue weighted by Crippen LogP contribution is 2.20. The molecule has 4 nitrogen and oxygen atoms in total. The molecule has 1 N–H and O–H groups in total. The lowest BCUT2D eigenvalue weighted by Crippen LogP contribution is -1.93. The van der Waals surface area contributed by atoms with Crippen LogP contribution in [0.3, 0.4) is 0 Å². The predicted octanol–water partition coefficient (Wildman–Crippen LogP) is 5.99. The predicted molar refractivity (Wildman–Crippen MR) is 113 cm³/mol. The number of benzene rings is 1. The minimum atomic E-state index is -0.967. The van der Waals surface area contributed by atoms with Crippen LogP contribution >= 0.6 is 23.2 Å². The Morgan fingerprint density at radius 1 is 1.22 bits per heavy atom. The Hall–Kier alpha value is -2.43. The van der Waals surface area contributed by atoms with Gasteiger partial charge in [0, 0.05) is 46.0 Å². The van der Waals surface area contributed by atoms with Crippen LogP contribution in [0, 0.1) is 0 Å². The Morgan fingerprint density at radius 2 is 1.96 bits per heavy atom. The highest BCUT2D eigenvalue weighted by Gasteiger charge is 1.97. The van der Waals surface area contributed by atoms with Crippen LogP contribution in [-0.4, -0.2) is 21.8 Å². The van der Waals surface area contributed by atoms with E-state index in [1.165, 1.54) is 6.08 Å². The van der Waals surface area contributed by atoms with E-state index in [0.717, 1.165) is 45.0 Å². The Labute approximate surface area is 169 Å². The summed E-state index contributed by atoms with van der Waals surface area (Å²) in [6, 6.07) is 9.27. The summed E-state index contributed by atoms with van der Waals surface area (Å²) in [7, 11) is 0. The fraction of sp³-hybridized carbons (Fsp3) is 0.190. The molecule has 0 aliphatic heterocycles. The molecule has 0 unspecified atom stereocenters. The molecule has 1 aromatic carbocycles. The zero-order chi connectivity index (χ0) is 20.2. The number of aliphatic imine (C=N–C) groups is 1. The molecule has 0 saturated heterocycles. The first-order chi connectivity index (χ1) is 12.8. The summed E-state index contributed by atoms with van der Waals surface area (Å²) in [6.45, 7) is 5.72. The zero-order valence-electron chi connectivity index (χ0n) is 15.5. The third-order valence-electron chi connectivity index (χ3n) is 3.42. The SMILES string of the molecule is CC(=N/C=C(C)/C=C/C(=O)O)c1cccnc1.CCc1cc(Cl)ccc1Cl. The van der Waals surface area contributed by atoms with Crippen molar-refractivity contribution in [2.75, 3.05) is 0 Å². The Balaban J connectivity index is 0.000000309. The number of carboxylic acid groups (broad SMARTS) is 1. The molecular weight excluding hydrogens is 383 g/mol. The van der Waals surface area contributed by atoms with Crippen molar-refractivity contribution in [1.82, 2.24) is 4.98 Å². The molecule has 6 heteroatoms. The lowest BCUT2D eigenvalue weighted by atomic mass is 10.2. The molecule has 0 radical (unpaired) electrons. The van der Waals surface area contributed by atoms with Crippen molar-refractivity contribution >= 4 is 34.9 Å². The third kappa shape index (κ3) is 9.18. The maximum absolute atomic E-state index is 10.3. The topological polar surface area (TPSA) is 62.5 Å². The second-order valence-corrected chi connectivity index (χ2v) is 6.43. The number of halogens is 2. The van der Waals surface area contributed by atoms with Gasteiger partial charge in [0.25, 0.3) is 0 Å². The van der Waals surface area contributed by atoms with E-state index in [2.05, 4.69) is 16.9 Å². The van der Waals surface area contributed by atoms with Gasteiger partial charge in [0.1, 0.15) is 0 Å². The Morgan fingerprint density at radius 3 is 2.52 bits per heavy atom. The molecule has 27 heavy (non-hydrogen) atoms. The van der Waals surface area contributed by atoms with E-state index < -0.39 is 5.97 Å². The summed E-state index contributed by atoms with van der Waals surface area (Å²) in [5, 5.41) is 10.0. The maximum atomic E-state index is 10.3. The van der Waals surface area contributed by atoms with Crippen LogP contribution in [0.15, 0.2) is 71.6 Å². The Bertz CT molecular complexity index is 845. The quantitative estimate of drug-likeness (QED) is 0.378. The average Bonchev–Trinajstić information content (AvgIpc) is 2.67. The summed E-state index contributed by atoms with van der Waals surface area (Å²) in [5.41, 5.74) is 3.66. The molecular formula is C21H22Cl2N2O2. The average molecular weight is 405 g/mol. The lowest BCUT2D eigenvalue weighted by Gasteiger charge is -1.99. The fourth-order valence-electron chi connectivity index (χ4n) is 1.91. The number of allylic oxidation sites excluding steroid dienone is 2. The third-order valence-corrected chi connectivity index (χ3v) is 4.02. The number of nitrogens with zero attached hydrogens (tertiary/aromatic N) is 2. The first kappa shape index (κ1) is 22.6. The summed E-state index contributed by atoms with van der Waals surface area (Å²) >= 11 is 11.6. The maximum Gasteiger partial charge on any atom is 0.328 e. The van der Waals surface area contributed by atoms with E-state index >= 15 is 0 Å². The monoisotopic (exact) mass is 404 g/mol. The second kappa shape index (κ2) is 12.0. The van der Waals surface area contributed by atoms with E-state index in [4.69, 9.17) is 28.3 Å². The molecule has 0 saturated carbocycles. The molecule has 0 bridgehead atoms. The first-order valence-corrected chi connectivity index (χ1v) is 9.05. The molecule has 0 atom stereocenters. The van der Waals surface area contributed by atoms with Gasteiger partial charge in [0.15, 0.2) is 0 Å². The fourth-order valence-corrected chi connectivity index (χ4v) is 2.36. The van der Waals surface area contributed by atoms with Gasteiger partial charge in [0.05, 0.1) is 0 Å². The minimum Gasteiger partial charge on any atom is -0.478 e. The van der Waals surface area contributed by atoms with E-state index in [-0.39, 0.29) is 0 Å². The summed E-state index contributed by atoms with van der Waals surface area (Å²) < 4.78 is 0. The van der Waals surface area contributed by atoms with Crippen molar-refractivity contribution < 1.29 is 9.90 Å². The standard InChI is InChI=1S/C13H14N2O2.C8H8Cl2/c1-10(5-6-13(16)17)8-15-11(2)12-4-3-7-14-9-12;1-2-6-5-7(9)3-4-8(6)10/h3-9H,1-2H3,(H,16,17);3-5H,2H2,1H3/b6-5+,10-8+,15-11?;. The molecule has 0 amide bonds. The molecule has 142 valence electrons. The summed E-state index contributed by atoms with van der Waals surface area (Å²) in [4.78, 5) is 18.5. The van der Waals surface area contributed by atoms with Crippen molar-refractivity contribution in [2.24, 2.45) is 4.99 Å². The summed E-state index contributed by atoms with van der Waals surface area (Å²) in [6.07, 6.45) is 8.58. The van der Waals surface area contributed by atoms with Crippen LogP contribution in [-0.2, 0) is 11.2 Å². The highest BCUT2D eigenvalue weighted by atomic mass is 35.5. The molecule has 0 aliphatic carbocycles. The van der Waals surface area contributed by atoms with Crippen LogP contribution in [0.25, 0.3) is 0 Å². The molecule has 0 spiro atoms. The van der Waals surface area contributed by atoms with E-state index in [9.17, 15) is 4.79 Å². The molecule has 1 heterocycles. The van der Waals surface area contributed by atoms with Crippen molar-refractivity contribution in [3.63, 3.8) is 0 Å². The van der Waals surface area contributed by atoms with Gasteiger partial charge in [-0.25, -0.2) is 4.79 Å². The van der Waals surface area contributed by atoms with E-state index in [1.54, 1.807) is 31.6 Å². The van der Waals surface area contributed by atoms with Gasteiger partial charge in [-0.05, 0) is 55.7 Å². The lowest BCUT2D eigenvalue weighted by molar-refractivity contribution is -0.131. The zero-order valence-corrected chi connectivity index (χ0v) is 17.0. The number of aliphatic carboxylic acids is 1. The molecule has 0 fully saturated rings. The van der Waals surface area contributed by atoms with Crippen LogP contribution in [0.5, 0.6) is 0 Å². The van der Waals surface area contributed by atoms with Gasteiger partial charge in [0.2, 0.25) is 0 Å². The van der Waals surface area contributed by atoms with Crippen LogP contribution in [0.1, 0.15) is 31.9 Å². The van der Waals surface area contributed by atoms with Crippen molar-refractivity contribution in [3.8, 4) is 0 Å². The Kier molecular flexibility index (Phi) is 10.1. The van der Waals surface area contributed by atoms with E-state index in [1.807, 2.05) is 31.2 Å². The highest BCUT2D eigenvalue weighted by molar-refractivity contribution is 6.33. The molecule has 2 rings (SSSR count). The van der Waals surface area contributed by atoms with Crippen LogP contribution in [0.4, 0.5) is 0 Å². The number of pyridine rings is 1. The first-order valence-electron chi connectivity index (χ1n) is 8.30. The smallest absolute Gasteiger partial charge is 0.328 e. The van der Waals surface area contributed by atoms with Crippen molar-refractivity contribution in [3.05, 3.63) is 87.8 Å². The van der Waals surface area contributed by atoms with Crippen LogP contribution < -0.4 is 0 Å². The van der Waals surface area contributed by atoms with Gasteiger partial charge < -0.3 is 5.11 Å². The number of hydrogen-bond donors (Lipinski definition) is 1. The molecule has 1 aromatic heterocycles. The largest absolute Gasteiger partial charge is 0.478 e. The van der Waals surface area contributed by atoms with E-state index in [0.29, 0.717) is 0 Å². The number of carbonyl (C=O) groups is 1. The van der Waals surface area contributed by atoms with Crippen LogP contribution in [0.2, 0.25) is 10.0 Å². The number of hydrogen-bond acceptors (Lipinski definition) is 3. The molecule has 0 aliphatic rings. The second-order valence-electron chi connectivity index (χ2n) is 5.59. The number of aromatic nitrogens is 1. The van der Waals surface area contributed by atoms with Crippen molar-refractivity contribution in [2.45, 2.75) is 27.2 Å². The van der Waals surface area contributed by atoms with Gasteiger partial charge in [-0.3, -0.25) is 9.98 Å². The normalized spacial score (nSPS) is 11.9. The van der Waals surface area contributed by atoms with Gasteiger partial charge in [-0.15, -0.1) is 0 Å².